The van der Waals surface area contributed by atoms with Crippen molar-refractivity contribution >= 4 is 18.0 Å². The van der Waals surface area contributed by atoms with Crippen LogP contribution in [0.3, 0.4) is 0 Å². The minimum absolute atomic E-state index is 0.0790. The number of hydrogen-bond donors (Lipinski definition) is 3. The summed E-state index contributed by atoms with van der Waals surface area (Å²) in [6.07, 6.45) is 0.995. The summed E-state index contributed by atoms with van der Waals surface area (Å²) in [7, 11) is 1.58. The quantitative estimate of drug-likeness (QED) is 0.567. The molecule has 0 bridgehead atoms. The molecule has 0 radical (unpaired) electrons. The maximum atomic E-state index is 12.7. The predicted octanol–water partition coefficient (Wildman–Crippen LogP) is 3.05. The second kappa shape index (κ2) is 10.0. The second-order valence-electron chi connectivity index (χ2n) is 8.44. The molecule has 3 N–H and O–H groups in total. The van der Waals surface area contributed by atoms with Crippen LogP contribution < -0.4 is 10.6 Å². The molecule has 2 aliphatic carbocycles. The first kappa shape index (κ1) is 22.8. The van der Waals surface area contributed by atoms with E-state index in [9.17, 15) is 19.5 Å². The number of benzene rings is 2. The molecule has 2 amide bonds. The van der Waals surface area contributed by atoms with Gasteiger partial charge in [-0.25, -0.2) is 4.79 Å². The Balaban J connectivity index is 1.40. The summed E-state index contributed by atoms with van der Waals surface area (Å²) >= 11 is 0. The lowest BCUT2D eigenvalue weighted by Gasteiger charge is -2.23. The number of methoxy groups -OCH3 is 1. The van der Waals surface area contributed by atoms with E-state index >= 15 is 0 Å². The number of hydrogen-bond acceptors (Lipinski definition) is 5. The molecule has 2 aliphatic rings. The lowest BCUT2D eigenvalue weighted by Crippen LogP contribution is -2.52. The highest BCUT2D eigenvalue weighted by Crippen LogP contribution is 2.44. The Bertz CT molecular complexity index is 994. The van der Waals surface area contributed by atoms with Gasteiger partial charge in [0.25, 0.3) is 0 Å². The number of aliphatic carboxylic acids is 1. The van der Waals surface area contributed by atoms with Crippen molar-refractivity contribution in [3.63, 3.8) is 0 Å². The standard InChI is InChI=1S/C25H28N2O6/c1-32-22-12-6-11-20(22)26-24(30)21(13-23(28)29)27-25(31)33-14-19-17-9-4-2-7-15(17)16-8-3-5-10-18(16)19/h2-5,7-10,19-22H,6,11-14H2,1H3,(H,26,30)(H,27,31)(H,28,29). The number of alkyl carbamates (subject to hydrolysis) is 1. The number of amides is 2. The van der Waals surface area contributed by atoms with E-state index in [0.717, 1.165) is 41.5 Å². The molecule has 3 atom stereocenters. The topological polar surface area (TPSA) is 114 Å². The van der Waals surface area contributed by atoms with Gasteiger partial charge >= 0.3 is 12.1 Å². The normalized spacial score (nSPS) is 19.9. The first-order valence-corrected chi connectivity index (χ1v) is 11.1. The largest absolute Gasteiger partial charge is 0.481 e. The fourth-order valence-corrected chi connectivity index (χ4v) is 4.82. The fraction of sp³-hybridized carbons (Fsp3) is 0.400. The lowest BCUT2D eigenvalue weighted by molar-refractivity contribution is -0.140. The van der Waals surface area contributed by atoms with E-state index in [1.165, 1.54) is 0 Å². The molecule has 0 aliphatic heterocycles. The summed E-state index contributed by atoms with van der Waals surface area (Å²) < 4.78 is 10.8. The molecule has 8 nitrogen and oxygen atoms in total. The average Bonchev–Trinajstić information content (AvgIpc) is 3.39. The molecular weight excluding hydrogens is 424 g/mol. The minimum atomic E-state index is -1.24. The van der Waals surface area contributed by atoms with Gasteiger partial charge in [0.05, 0.1) is 18.6 Å². The third-order valence-corrected chi connectivity index (χ3v) is 6.41. The molecule has 3 unspecified atom stereocenters. The van der Waals surface area contributed by atoms with E-state index in [-0.39, 0.29) is 24.7 Å². The Hall–Kier alpha value is -3.39. The van der Waals surface area contributed by atoms with E-state index in [1.54, 1.807) is 7.11 Å². The first-order valence-electron chi connectivity index (χ1n) is 11.1. The van der Waals surface area contributed by atoms with Crippen LogP contribution in [-0.4, -0.2) is 55.0 Å². The van der Waals surface area contributed by atoms with Gasteiger partial charge in [0.15, 0.2) is 0 Å². The highest BCUT2D eigenvalue weighted by atomic mass is 16.5. The summed E-state index contributed by atoms with van der Waals surface area (Å²) in [4.78, 5) is 36.6. The SMILES string of the molecule is COC1CCCC1NC(=O)C(CC(=O)O)NC(=O)OCC1c2ccccc2-c2ccccc21. The molecule has 2 aromatic carbocycles. The maximum absolute atomic E-state index is 12.7. The van der Waals surface area contributed by atoms with Crippen molar-refractivity contribution in [3.8, 4) is 11.1 Å². The minimum Gasteiger partial charge on any atom is -0.481 e. The van der Waals surface area contributed by atoms with Gasteiger partial charge in [-0.2, -0.15) is 0 Å². The molecule has 0 heterocycles. The van der Waals surface area contributed by atoms with Gasteiger partial charge < -0.3 is 25.2 Å². The third kappa shape index (κ3) is 5.01. The third-order valence-electron chi connectivity index (χ3n) is 6.41. The summed E-state index contributed by atoms with van der Waals surface area (Å²) in [5, 5.41) is 14.5. The number of ether oxygens (including phenoxy) is 2. The Kier molecular flexibility index (Phi) is 6.93. The highest BCUT2D eigenvalue weighted by molar-refractivity contribution is 5.89. The number of rotatable bonds is 8. The zero-order chi connectivity index (χ0) is 23.4. The van der Waals surface area contributed by atoms with Gasteiger partial charge in [-0.15, -0.1) is 0 Å². The molecular formula is C25H28N2O6. The summed E-state index contributed by atoms with van der Waals surface area (Å²) in [6.45, 7) is 0.0790. The summed E-state index contributed by atoms with van der Waals surface area (Å²) in [6, 6.07) is 14.5. The summed E-state index contributed by atoms with van der Waals surface area (Å²) in [5.41, 5.74) is 4.35. The Labute approximate surface area is 192 Å². The van der Waals surface area contributed by atoms with Crippen molar-refractivity contribution in [3.05, 3.63) is 59.7 Å². The number of nitrogens with one attached hydrogen (secondary N) is 2. The molecule has 0 saturated heterocycles. The Morgan fingerprint density at radius 1 is 1.03 bits per heavy atom. The van der Waals surface area contributed by atoms with E-state index in [0.29, 0.717) is 0 Å². The van der Waals surface area contributed by atoms with Crippen molar-refractivity contribution < 1.29 is 29.0 Å². The van der Waals surface area contributed by atoms with Crippen LogP contribution in [0.25, 0.3) is 11.1 Å². The van der Waals surface area contributed by atoms with E-state index in [2.05, 4.69) is 10.6 Å². The zero-order valence-corrected chi connectivity index (χ0v) is 18.5. The highest BCUT2D eigenvalue weighted by Gasteiger charge is 2.33. The molecule has 4 rings (SSSR count). The van der Waals surface area contributed by atoms with E-state index < -0.39 is 30.4 Å². The van der Waals surface area contributed by atoms with Crippen LogP contribution in [0.2, 0.25) is 0 Å². The van der Waals surface area contributed by atoms with Crippen molar-refractivity contribution in [2.75, 3.05) is 13.7 Å². The van der Waals surface area contributed by atoms with Crippen LogP contribution >= 0.6 is 0 Å². The predicted molar refractivity (Wildman–Crippen MR) is 121 cm³/mol. The maximum Gasteiger partial charge on any atom is 0.407 e. The molecule has 174 valence electrons. The molecule has 1 saturated carbocycles. The number of carbonyl (C=O) groups is 3. The average molecular weight is 453 g/mol. The monoisotopic (exact) mass is 452 g/mol. The van der Waals surface area contributed by atoms with Crippen LogP contribution in [-0.2, 0) is 19.1 Å². The molecule has 33 heavy (non-hydrogen) atoms. The van der Waals surface area contributed by atoms with Crippen LogP contribution in [0.5, 0.6) is 0 Å². The summed E-state index contributed by atoms with van der Waals surface area (Å²) in [5.74, 6) is -1.88. The smallest absolute Gasteiger partial charge is 0.407 e. The van der Waals surface area contributed by atoms with Gasteiger partial charge in [-0.1, -0.05) is 48.5 Å². The molecule has 1 fully saturated rings. The number of fused-ring (bicyclic) bond motifs is 3. The molecule has 0 aromatic heterocycles. The Morgan fingerprint density at radius 2 is 1.67 bits per heavy atom. The van der Waals surface area contributed by atoms with Crippen molar-refractivity contribution in [2.45, 2.75) is 49.8 Å². The zero-order valence-electron chi connectivity index (χ0n) is 18.5. The first-order chi connectivity index (χ1) is 16.0. The van der Waals surface area contributed by atoms with E-state index in [1.807, 2.05) is 48.5 Å². The van der Waals surface area contributed by atoms with Gasteiger partial charge in [-0.3, -0.25) is 9.59 Å². The van der Waals surface area contributed by atoms with Crippen molar-refractivity contribution in [1.29, 1.82) is 0 Å². The van der Waals surface area contributed by atoms with Gasteiger partial charge in [0, 0.05) is 13.0 Å². The second-order valence-corrected chi connectivity index (χ2v) is 8.44. The van der Waals surface area contributed by atoms with Crippen molar-refractivity contribution in [1.82, 2.24) is 10.6 Å². The van der Waals surface area contributed by atoms with Crippen molar-refractivity contribution in [2.24, 2.45) is 0 Å². The lowest BCUT2D eigenvalue weighted by atomic mass is 9.98. The number of carboxylic acid groups (broad SMARTS) is 1. The number of carbonyl (C=O) groups excluding carboxylic acids is 2. The van der Waals surface area contributed by atoms with Gasteiger partial charge in [0.2, 0.25) is 5.91 Å². The van der Waals surface area contributed by atoms with Crippen LogP contribution in [0.1, 0.15) is 42.7 Å². The number of carboxylic acids is 1. The van der Waals surface area contributed by atoms with Gasteiger partial charge in [-0.05, 0) is 41.5 Å². The fourth-order valence-electron chi connectivity index (χ4n) is 4.82. The van der Waals surface area contributed by atoms with Gasteiger partial charge in [0.1, 0.15) is 12.6 Å². The van der Waals surface area contributed by atoms with E-state index in [4.69, 9.17) is 9.47 Å². The molecule has 2 aromatic rings. The molecule has 0 spiro atoms. The Morgan fingerprint density at radius 3 is 2.27 bits per heavy atom. The van der Waals surface area contributed by atoms with Crippen LogP contribution in [0.15, 0.2) is 48.5 Å². The van der Waals surface area contributed by atoms with Crippen LogP contribution in [0.4, 0.5) is 4.79 Å². The van der Waals surface area contributed by atoms with Crippen LogP contribution in [0, 0.1) is 0 Å². The molecule has 8 heteroatoms.